The van der Waals surface area contributed by atoms with Crippen molar-refractivity contribution < 1.29 is 13.2 Å². The molecule has 0 saturated carbocycles. The zero-order valence-corrected chi connectivity index (χ0v) is 11.8. The Labute approximate surface area is 117 Å². The highest BCUT2D eigenvalue weighted by Gasteiger charge is 2.31. The molecule has 1 unspecified atom stereocenters. The van der Waals surface area contributed by atoms with E-state index in [0.717, 1.165) is 18.1 Å². The molecule has 2 atom stereocenters. The van der Waals surface area contributed by atoms with Crippen LogP contribution in [0.4, 0.5) is 13.2 Å². The number of nitrogens with zero attached hydrogens (tertiary/aromatic N) is 1. The maximum Gasteiger partial charge on any atom is 0.416 e. The molecule has 0 saturated heterocycles. The van der Waals surface area contributed by atoms with Crippen LogP contribution in [0.3, 0.4) is 0 Å². The van der Waals surface area contributed by atoms with Gasteiger partial charge in [0.05, 0.1) is 17.8 Å². The van der Waals surface area contributed by atoms with Crippen LogP contribution in [-0.4, -0.2) is 11.1 Å². The zero-order valence-electron chi connectivity index (χ0n) is 11.8. The van der Waals surface area contributed by atoms with E-state index in [4.69, 9.17) is 0 Å². The molecule has 0 aliphatic carbocycles. The molecule has 1 N–H and O–H groups in total. The SMILES string of the molecule is CC[C@@H]1NC=CN1C(C)c1ccc(C(F)(F)F)cc1C. The smallest absolute Gasteiger partial charge is 0.370 e. The van der Waals surface area contributed by atoms with E-state index in [1.807, 2.05) is 19.3 Å². The summed E-state index contributed by atoms with van der Waals surface area (Å²) in [5.41, 5.74) is 1.00. The summed E-state index contributed by atoms with van der Waals surface area (Å²) in [5, 5.41) is 3.23. The highest BCUT2D eigenvalue weighted by molar-refractivity contribution is 5.35. The Morgan fingerprint density at radius 1 is 1.35 bits per heavy atom. The van der Waals surface area contributed by atoms with Crippen molar-refractivity contribution in [1.29, 1.82) is 0 Å². The lowest BCUT2D eigenvalue weighted by atomic mass is 9.98. The van der Waals surface area contributed by atoms with Gasteiger partial charge in [0.25, 0.3) is 0 Å². The van der Waals surface area contributed by atoms with Gasteiger partial charge < -0.3 is 10.2 Å². The quantitative estimate of drug-likeness (QED) is 0.895. The average molecular weight is 284 g/mol. The lowest BCUT2D eigenvalue weighted by Crippen LogP contribution is -2.36. The van der Waals surface area contributed by atoms with E-state index in [1.165, 1.54) is 6.07 Å². The minimum atomic E-state index is -4.28. The predicted molar refractivity (Wildman–Crippen MR) is 72.8 cm³/mol. The highest BCUT2D eigenvalue weighted by atomic mass is 19.4. The van der Waals surface area contributed by atoms with Gasteiger partial charge in [0.1, 0.15) is 0 Å². The Balaban J connectivity index is 2.27. The third kappa shape index (κ3) is 2.76. The molecule has 1 aliphatic rings. The Morgan fingerprint density at radius 2 is 2.05 bits per heavy atom. The largest absolute Gasteiger partial charge is 0.416 e. The fraction of sp³-hybridized carbons (Fsp3) is 0.467. The molecular weight excluding hydrogens is 265 g/mol. The van der Waals surface area contributed by atoms with Crippen LogP contribution in [0.5, 0.6) is 0 Å². The van der Waals surface area contributed by atoms with Crippen molar-refractivity contribution in [2.75, 3.05) is 0 Å². The predicted octanol–water partition coefficient (Wildman–Crippen LogP) is 4.19. The molecule has 1 heterocycles. The van der Waals surface area contributed by atoms with Gasteiger partial charge in [0.2, 0.25) is 0 Å². The summed E-state index contributed by atoms with van der Waals surface area (Å²) in [7, 11) is 0. The Morgan fingerprint density at radius 3 is 2.60 bits per heavy atom. The summed E-state index contributed by atoms with van der Waals surface area (Å²) in [4.78, 5) is 2.13. The van der Waals surface area contributed by atoms with Gasteiger partial charge in [-0.3, -0.25) is 0 Å². The van der Waals surface area contributed by atoms with Gasteiger partial charge in [0.15, 0.2) is 0 Å². The minimum absolute atomic E-state index is 0.0356. The second kappa shape index (κ2) is 5.38. The molecule has 1 aliphatic heterocycles. The van der Waals surface area contributed by atoms with E-state index in [2.05, 4.69) is 17.1 Å². The first-order valence-corrected chi connectivity index (χ1v) is 6.72. The number of aryl methyl sites for hydroxylation is 1. The van der Waals surface area contributed by atoms with Gasteiger partial charge in [-0.25, -0.2) is 0 Å². The second-order valence-electron chi connectivity index (χ2n) is 5.10. The molecule has 1 aromatic carbocycles. The standard InChI is InChI=1S/C15H19F3N2/c1-4-14-19-7-8-20(14)11(3)13-6-5-12(9-10(13)2)15(16,17)18/h5-9,11,14,19H,4H2,1-3H3/t11?,14-/m1/s1. The maximum atomic E-state index is 12.7. The number of benzene rings is 1. The summed E-state index contributed by atoms with van der Waals surface area (Å²) in [6, 6.07) is 4.00. The van der Waals surface area contributed by atoms with Gasteiger partial charge in [0, 0.05) is 12.4 Å². The van der Waals surface area contributed by atoms with Crippen LogP contribution >= 0.6 is 0 Å². The van der Waals surface area contributed by atoms with E-state index >= 15 is 0 Å². The van der Waals surface area contributed by atoms with Crippen LogP contribution in [0.1, 0.15) is 43.0 Å². The Kier molecular flexibility index (Phi) is 3.97. The van der Waals surface area contributed by atoms with Gasteiger partial charge in [-0.1, -0.05) is 13.0 Å². The normalized spacial score (nSPS) is 20.1. The highest BCUT2D eigenvalue weighted by Crippen LogP contribution is 2.33. The number of hydrogen-bond acceptors (Lipinski definition) is 2. The van der Waals surface area contributed by atoms with Crippen molar-refractivity contribution in [3.8, 4) is 0 Å². The van der Waals surface area contributed by atoms with Crippen molar-refractivity contribution in [1.82, 2.24) is 10.2 Å². The molecule has 20 heavy (non-hydrogen) atoms. The van der Waals surface area contributed by atoms with E-state index in [-0.39, 0.29) is 12.2 Å². The average Bonchev–Trinajstić information content (AvgIpc) is 2.85. The lowest BCUT2D eigenvalue weighted by Gasteiger charge is -2.32. The monoisotopic (exact) mass is 284 g/mol. The third-order valence-corrected chi connectivity index (χ3v) is 3.78. The van der Waals surface area contributed by atoms with Crippen molar-refractivity contribution in [2.24, 2.45) is 0 Å². The first kappa shape index (κ1) is 14.8. The fourth-order valence-electron chi connectivity index (χ4n) is 2.64. The van der Waals surface area contributed by atoms with Gasteiger partial charge in [-0.05, 0) is 43.5 Å². The molecule has 2 nitrogen and oxygen atoms in total. The summed E-state index contributed by atoms with van der Waals surface area (Å²) >= 11 is 0. The number of rotatable bonds is 3. The number of halogens is 3. The maximum absolute atomic E-state index is 12.7. The van der Waals surface area contributed by atoms with Crippen LogP contribution in [-0.2, 0) is 6.18 Å². The molecule has 110 valence electrons. The van der Waals surface area contributed by atoms with Crippen LogP contribution in [0.2, 0.25) is 0 Å². The van der Waals surface area contributed by atoms with Gasteiger partial charge >= 0.3 is 6.18 Å². The van der Waals surface area contributed by atoms with Gasteiger partial charge in [-0.15, -0.1) is 0 Å². The van der Waals surface area contributed by atoms with Gasteiger partial charge in [-0.2, -0.15) is 13.2 Å². The van der Waals surface area contributed by atoms with Crippen molar-refractivity contribution in [3.05, 3.63) is 47.3 Å². The topological polar surface area (TPSA) is 15.3 Å². The molecular formula is C15H19F3N2. The first-order valence-electron chi connectivity index (χ1n) is 6.72. The van der Waals surface area contributed by atoms with E-state index in [1.54, 1.807) is 13.0 Å². The third-order valence-electron chi connectivity index (χ3n) is 3.78. The summed E-state index contributed by atoms with van der Waals surface area (Å²) in [6.07, 6.45) is 0.677. The Bertz CT molecular complexity index is 508. The molecule has 1 aromatic rings. The van der Waals surface area contributed by atoms with Crippen LogP contribution in [0.25, 0.3) is 0 Å². The lowest BCUT2D eigenvalue weighted by molar-refractivity contribution is -0.137. The van der Waals surface area contributed by atoms with Crippen molar-refractivity contribution in [2.45, 2.75) is 45.6 Å². The second-order valence-corrected chi connectivity index (χ2v) is 5.10. The summed E-state index contributed by atoms with van der Waals surface area (Å²) < 4.78 is 38.1. The van der Waals surface area contributed by atoms with Crippen LogP contribution in [0, 0.1) is 6.92 Å². The summed E-state index contributed by atoms with van der Waals surface area (Å²) in [6.45, 7) is 5.81. The molecule has 0 aromatic heterocycles. The van der Waals surface area contributed by atoms with E-state index in [9.17, 15) is 13.2 Å². The molecule has 2 rings (SSSR count). The molecule has 0 spiro atoms. The number of alkyl halides is 3. The zero-order chi connectivity index (χ0) is 14.9. The summed E-state index contributed by atoms with van der Waals surface area (Å²) in [5.74, 6) is 0. The number of hydrogen-bond donors (Lipinski definition) is 1. The van der Waals surface area contributed by atoms with Crippen molar-refractivity contribution >= 4 is 0 Å². The minimum Gasteiger partial charge on any atom is -0.370 e. The molecule has 0 bridgehead atoms. The first-order chi connectivity index (χ1) is 9.34. The number of nitrogens with one attached hydrogen (secondary N) is 1. The molecule has 0 fully saturated rings. The molecule has 5 heteroatoms. The molecule has 0 radical (unpaired) electrons. The van der Waals surface area contributed by atoms with Crippen molar-refractivity contribution in [3.63, 3.8) is 0 Å². The fourth-order valence-corrected chi connectivity index (χ4v) is 2.64. The molecule has 0 amide bonds. The van der Waals surface area contributed by atoms with Crippen LogP contribution < -0.4 is 5.32 Å². The van der Waals surface area contributed by atoms with E-state index < -0.39 is 11.7 Å². The Hall–Kier alpha value is -1.65. The van der Waals surface area contributed by atoms with Crippen LogP contribution in [0.15, 0.2) is 30.6 Å². The van der Waals surface area contributed by atoms with E-state index in [0.29, 0.717) is 5.56 Å².